The smallest absolute Gasteiger partial charge is 0.147 e. The number of nitrogens with zero attached hydrogens (tertiary/aromatic N) is 3. The van der Waals surface area contributed by atoms with Crippen molar-refractivity contribution >= 4 is 11.6 Å². The molecule has 0 saturated heterocycles. The van der Waals surface area contributed by atoms with Crippen LogP contribution in [0.1, 0.15) is 12.6 Å². The Labute approximate surface area is 88.6 Å². The van der Waals surface area contributed by atoms with Gasteiger partial charge in [-0.25, -0.2) is 4.98 Å². The lowest BCUT2D eigenvalue weighted by atomic mass is 10.4. The molecule has 14 heavy (non-hydrogen) atoms. The molecule has 0 aliphatic rings. The van der Waals surface area contributed by atoms with E-state index in [0.717, 1.165) is 12.2 Å². The molecule has 0 aliphatic heterocycles. The molecule has 0 fully saturated rings. The topological polar surface area (TPSA) is 49.2 Å². The van der Waals surface area contributed by atoms with Crippen molar-refractivity contribution in [1.82, 2.24) is 14.9 Å². The summed E-state index contributed by atoms with van der Waals surface area (Å²) in [7, 11) is 0. The summed E-state index contributed by atoms with van der Waals surface area (Å²) in [6.07, 6.45) is 3.19. The Morgan fingerprint density at radius 2 is 2.21 bits per heavy atom. The maximum atomic E-state index is 8.79. The third-order valence-electron chi connectivity index (χ3n) is 1.92. The van der Waals surface area contributed by atoms with Crippen molar-refractivity contribution in [1.29, 1.82) is 0 Å². The van der Waals surface area contributed by atoms with Crippen molar-refractivity contribution in [3.63, 3.8) is 0 Å². The third-order valence-corrected chi connectivity index (χ3v) is 2.12. The molecule has 5 heteroatoms. The van der Waals surface area contributed by atoms with Crippen LogP contribution in [-0.4, -0.2) is 39.7 Å². The van der Waals surface area contributed by atoms with Crippen molar-refractivity contribution in [2.45, 2.75) is 13.5 Å². The lowest BCUT2D eigenvalue weighted by molar-refractivity contribution is 0.195. The summed E-state index contributed by atoms with van der Waals surface area (Å²) in [5, 5.41) is 9.19. The molecule has 0 radical (unpaired) electrons. The number of aliphatic hydroxyl groups excluding tert-OH is 1. The lowest BCUT2D eigenvalue weighted by Gasteiger charge is -2.17. The van der Waals surface area contributed by atoms with Crippen LogP contribution in [0.25, 0.3) is 0 Å². The molecule has 0 saturated carbocycles. The van der Waals surface area contributed by atoms with Crippen LogP contribution in [0, 0.1) is 0 Å². The van der Waals surface area contributed by atoms with Gasteiger partial charge in [0.25, 0.3) is 0 Å². The molecule has 0 aliphatic carbocycles. The Bertz CT molecular complexity index is 265. The summed E-state index contributed by atoms with van der Waals surface area (Å²) in [5.41, 5.74) is 0.865. The third kappa shape index (κ3) is 3.57. The Kier molecular flexibility index (Phi) is 4.79. The van der Waals surface area contributed by atoms with Gasteiger partial charge in [0, 0.05) is 13.1 Å². The van der Waals surface area contributed by atoms with E-state index in [9.17, 15) is 0 Å². The van der Waals surface area contributed by atoms with E-state index in [1.165, 1.54) is 6.20 Å². The second kappa shape index (κ2) is 5.90. The van der Waals surface area contributed by atoms with E-state index < -0.39 is 0 Å². The molecule has 1 aromatic heterocycles. The van der Waals surface area contributed by atoms with E-state index in [-0.39, 0.29) is 6.61 Å². The summed E-state index contributed by atoms with van der Waals surface area (Å²) in [6.45, 7) is 4.43. The number of hydrogen-bond acceptors (Lipinski definition) is 4. The van der Waals surface area contributed by atoms with Gasteiger partial charge in [-0.3, -0.25) is 9.88 Å². The minimum atomic E-state index is 0.162. The maximum absolute atomic E-state index is 8.79. The van der Waals surface area contributed by atoms with Crippen LogP contribution in [0.2, 0.25) is 5.15 Å². The van der Waals surface area contributed by atoms with Gasteiger partial charge in [0.05, 0.1) is 24.7 Å². The van der Waals surface area contributed by atoms with E-state index >= 15 is 0 Å². The number of hydrogen-bond donors (Lipinski definition) is 1. The van der Waals surface area contributed by atoms with E-state index in [4.69, 9.17) is 16.7 Å². The van der Waals surface area contributed by atoms with Crippen molar-refractivity contribution in [3.8, 4) is 0 Å². The van der Waals surface area contributed by atoms with Gasteiger partial charge in [-0.05, 0) is 6.54 Å². The maximum Gasteiger partial charge on any atom is 0.147 e. The van der Waals surface area contributed by atoms with Crippen molar-refractivity contribution in [3.05, 3.63) is 23.2 Å². The first-order chi connectivity index (χ1) is 6.76. The molecular formula is C9H14ClN3O. The number of aromatic nitrogens is 2. The molecule has 0 bridgehead atoms. The molecule has 0 amide bonds. The van der Waals surface area contributed by atoms with Gasteiger partial charge in [0.1, 0.15) is 5.15 Å². The zero-order valence-electron chi connectivity index (χ0n) is 8.15. The predicted octanol–water partition coefficient (Wildman–Crippen LogP) is 0.944. The standard InChI is InChI=1S/C9H14ClN3O/c1-2-13(3-4-14)7-8-5-12-9(10)6-11-8/h5-6,14H,2-4,7H2,1H3. The highest BCUT2D eigenvalue weighted by molar-refractivity contribution is 6.29. The lowest BCUT2D eigenvalue weighted by Crippen LogP contribution is -2.26. The van der Waals surface area contributed by atoms with E-state index in [1.807, 2.05) is 6.92 Å². The van der Waals surface area contributed by atoms with Crippen LogP contribution in [0.4, 0.5) is 0 Å². The molecule has 1 N–H and O–H groups in total. The zero-order valence-corrected chi connectivity index (χ0v) is 8.91. The molecule has 1 aromatic rings. The van der Waals surface area contributed by atoms with Crippen molar-refractivity contribution in [2.24, 2.45) is 0 Å². The van der Waals surface area contributed by atoms with Crippen LogP contribution >= 0.6 is 11.6 Å². The largest absolute Gasteiger partial charge is 0.395 e. The fourth-order valence-electron chi connectivity index (χ4n) is 1.14. The Hall–Kier alpha value is -0.710. The SMILES string of the molecule is CCN(CCO)Cc1cnc(Cl)cn1. The second-order valence-corrected chi connectivity index (χ2v) is 3.31. The highest BCUT2D eigenvalue weighted by Crippen LogP contribution is 2.03. The summed E-state index contributed by atoms with van der Waals surface area (Å²) in [6, 6.07) is 0. The monoisotopic (exact) mass is 215 g/mol. The van der Waals surface area contributed by atoms with Gasteiger partial charge in [0.15, 0.2) is 0 Å². The van der Waals surface area contributed by atoms with Gasteiger partial charge in [-0.1, -0.05) is 18.5 Å². The first kappa shape index (κ1) is 11.4. The average molecular weight is 216 g/mol. The molecule has 0 unspecified atom stereocenters. The first-order valence-corrected chi connectivity index (χ1v) is 4.93. The van der Waals surface area contributed by atoms with Crippen LogP contribution < -0.4 is 0 Å². The van der Waals surface area contributed by atoms with Gasteiger partial charge in [-0.2, -0.15) is 0 Å². The summed E-state index contributed by atoms with van der Waals surface area (Å²) < 4.78 is 0. The fraction of sp³-hybridized carbons (Fsp3) is 0.556. The van der Waals surface area contributed by atoms with Gasteiger partial charge in [0.2, 0.25) is 0 Å². The van der Waals surface area contributed by atoms with Crippen molar-refractivity contribution in [2.75, 3.05) is 19.7 Å². The van der Waals surface area contributed by atoms with Crippen LogP contribution in [-0.2, 0) is 6.54 Å². The molecule has 78 valence electrons. The van der Waals surface area contributed by atoms with E-state index in [2.05, 4.69) is 14.9 Å². The molecule has 0 atom stereocenters. The Balaban J connectivity index is 2.53. The van der Waals surface area contributed by atoms with E-state index in [0.29, 0.717) is 18.2 Å². The van der Waals surface area contributed by atoms with Crippen LogP contribution in [0.3, 0.4) is 0 Å². The molecule has 4 nitrogen and oxygen atoms in total. The Morgan fingerprint density at radius 1 is 1.43 bits per heavy atom. The molecular weight excluding hydrogens is 202 g/mol. The van der Waals surface area contributed by atoms with Gasteiger partial charge >= 0.3 is 0 Å². The summed E-state index contributed by atoms with van der Waals surface area (Å²) in [5.74, 6) is 0. The molecule has 0 spiro atoms. The average Bonchev–Trinajstić information content (AvgIpc) is 2.20. The summed E-state index contributed by atoms with van der Waals surface area (Å²) in [4.78, 5) is 10.2. The molecule has 1 rings (SSSR count). The minimum absolute atomic E-state index is 0.162. The molecule has 1 heterocycles. The van der Waals surface area contributed by atoms with E-state index in [1.54, 1.807) is 6.20 Å². The van der Waals surface area contributed by atoms with Crippen LogP contribution in [0.15, 0.2) is 12.4 Å². The first-order valence-electron chi connectivity index (χ1n) is 4.56. The molecule has 0 aromatic carbocycles. The quantitative estimate of drug-likeness (QED) is 0.795. The number of halogens is 1. The highest BCUT2D eigenvalue weighted by Gasteiger charge is 2.03. The highest BCUT2D eigenvalue weighted by atomic mass is 35.5. The minimum Gasteiger partial charge on any atom is -0.395 e. The number of aliphatic hydroxyl groups is 1. The number of likely N-dealkylation sites (N-methyl/N-ethyl adjacent to an activating group) is 1. The van der Waals surface area contributed by atoms with Crippen molar-refractivity contribution < 1.29 is 5.11 Å². The summed E-state index contributed by atoms with van der Waals surface area (Å²) >= 11 is 5.62. The van der Waals surface area contributed by atoms with Gasteiger partial charge in [-0.15, -0.1) is 0 Å². The second-order valence-electron chi connectivity index (χ2n) is 2.92. The number of rotatable bonds is 5. The normalized spacial score (nSPS) is 10.9. The van der Waals surface area contributed by atoms with Crippen LogP contribution in [0.5, 0.6) is 0 Å². The predicted molar refractivity (Wildman–Crippen MR) is 55.1 cm³/mol. The fourth-order valence-corrected chi connectivity index (χ4v) is 1.24. The van der Waals surface area contributed by atoms with Gasteiger partial charge < -0.3 is 5.11 Å². The Morgan fingerprint density at radius 3 is 2.71 bits per heavy atom. The zero-order chi connectivity index (χ0) is 10.4.